The molecule has 12 aromatic rings. The van der Waals surface area contributed by atoms with Gasteiger partial charge in [0.15, 0.2) is 17.5 Å². The van der Waals surface area contributed by atoms with Gasteiger partial charge in [-0.3, -0.25) is 0 Å². The first-order valence-corrected chi connectivity index (χ1v) is 22.5. The van der Waals surface area contributed by atoms with E-state index in [0.29, 0.717) is 17.5 Å². The molecule has 2 aromatic heterocycles. The molecular weight excluding hydrogens is 803 g/mol. The van der Waals surface area contributed by atoms with E-state index >= 15 is 0 Å². The Morgan fingerprint density at radius 1 is 0.288 bits per heavy atom. The molecule has 0 saturated carbocycles. The van der Waals surface area contributed by atoms with Gasteiger partial charge in [0.2, 0.25) is 0 Å². The van der Waals surface area contributed by atoms with Crippen LogP contribution in [0.15, 0.2) is 229 Å². The minimum absolute atomic E-state index is 0.388. The highest BCUT2D eigenvalue weighted by Crippen LogP contribution is 2.63. The SMILES string of the molecule is c1ccc(-c2nc(-c3ccccc3)nc(-c3cccc4oc5ccc(-c6ccc7c(-c8ccc9c(c8)C8(c%10ccccc%10-c%10ccccc%108)c8ccccc8-9)cccc7c6)cc5c34)n2)cc1. The summed E-state index contributed by atoms with van der Waals surface area (Å²) in [6, 6.07) is 80.6. The number of hydrogen-bond donors (Lipinski definition) is 0. The minimum Gasteiger partial charge on any atom is -0.456 e. The first-order valence-electron chi connectivity index (χ1n) is 22.5. The molecule has 1 spiro atoms. The maximum Gasteiger partial charge on any atom is 0.164 e. The Bertz CT molecular complexity index is 3820. The second-order valence-electron chi connectivity index (χ2n) is 17.4. The van der Waals surface area contributed by atoms with E-state index in [0.717, 1.165) is 49.8 Å². The predicted molar refractivity (Wildman–Crippen MR) is 268 cm³/mol. The van der Waals surface area contributed by atoms with E-state index in [4.69, 9.17) is 19.4 Å². The molecule has 0 radical (unpaired) electrons. The van der Waals surface area contributed by atoms with E-state index in [9.17, 15) is 0 Å². The van der Waals surface area contributed by atoms with Crippen molar-refractivity contribution in [1.29, 1.82) is 0 Å². The van der Waals surface area contributed by atoms with Gasteiger partial charge >= 0.3 is 0 Å². The number of hydrogen-bond acceptors (Lipinski definition) is 4. The van der Waals surface area contributed by atoms with E-state index in [1.54, 1.807) is 0 Å². The summed E-state index contributed by atoms with van der Waals surface area (Å²) in [5.41, 5.74) is 19.3. The molecule has 306 valence electrons. The summed E-state index contributed by atoms with van der Waals surface area (Å²) in [5.74, 6) is 1.85. The third-order valence-electron chi connectivity index (χ3n) is 14.0. The van der Waals surface area contributed by atoms with Gasteiger partial charge in [0.1, 0.15) is 11.2 Å². The van der Waals surface area contributed by atoms with Gasteiger partial charge in [-0.1, -0.05) is 194 Å². The monoisotopic (exact) mass is 839 g/mol. The predicted octanol–water partition coefficient (Wildman–Crippen LogP) is 15.6. The van der Waals surface area contributed by atoms with Crippen molar-refractivity contribution in [3.8, 4) is 78.7 Å². The molecule has 0 bridgehead atoms. The number of fused-ring (bicyclic) bond motifs is 14. The van der Waals surface area contributed by atoms with Gasteiger partial charge < -0.3 is 4.42 Å². The van der Waals surface area contributed by atoms with E-state index in [1.165, 1.54) is 66.4 Å². The number of benzene rings is 10. The van der Waals surface area contributed by atoms with Crippen molar-refractivity contribution in [2.75, 3.05) is 0 Å². The van der Waals surface area contributed by atoms with E-state index in [2.05, 4.69) is 152 Å². The summed E-state index contributed by atoms with van der Waals surface area (Å²) in [7, 11) is 0. The van der Waals surface area contributed by atoms with Gasteiger partial charge in [-0.15, -0.1) is 0 Å². The van der Waals surface area contributed by atoms with Crippen molar-refractivity contribution in [2.24, 2.45) is 0 Å². The van der Waals surface area contributed by atoms with Gasteiger partial charge in [-0.2, -0.15) is 0 Å². The summed E-state index contributed by atoms with van der Waals surface area (Å²) in [6.45, 7) is 0. The molecule has 66 heavy (non-hydrogen) atoms. The van der Waals surface area contributed by atoms with Crippen LogP contribution in [-0.4, -0.2) is 15.0 Å². The zero-order valence-electron chi connectivity index (χ0n) is 35.6. The lowest BCUT2D eigenvalue weighted by atomic mass is 9.70. The normalized spacial score (nSPS) is 13.0. The third-order valence-corrected chi connectivity index (χ3v) is 14.0. The van der Waals surface area contributed by atoms with Gasteiger partial charge in [0.05, 0.1) is 5.41 Å². The number of furan rings is 1. The number of rotatable bonds is 5. The maximum atomic E-state index is 6.52. The van der Waals surface area contributed by atoms with Crippen molar-refractivity contribution in [3.63, 3.8) is 0 Å². The first kappa shape index (κ1) is 36.7. The van der Waals surface area contributed by atoms with Crippen LogP contribution in [0.3, 0.4) is 0 Å². The van der Waals surface area contributed by atoms with Crippen LogP contribution >= 0.6 is 0 Å². The van der Waals surface area contributed by atoms with Crippen LogP contribution in [-0.2, 0) is 5.41 Å². The van der Waals surface area contributed by atoms with Crippen LogP contribution in [0, 0.1) is 0 Å². The lowest BCUT2D eigenvalue weighted by Gasteiger charge is -2.30. The van der Waals surface area contributed by atoms with Crippen molar-refractivity contribution in [3.05, 3.63) is 247 Å². The van der Waals surface area contributed by atoms with Gasteiger partial charge in [-0.05, 0) is 108 Å². The van der Waals surface area contributed by atoms with Gasteiger partial charge in [-0.25, -0.2) is 15.0 Å². The average Bonchev–Trinajstić information content (AvgIpc) is 4.02. The highest BCUT2D eigenvalue weighted by Gasteiger charge is 2.51. The number of aromatic nitrogens is 3. The van der Waals surface area contributed by atoms with Crippen LogP contribution in [0.25, 0.3) is 111 Å². The average molecular weight is 840 g/mol. The lowest BCUT2D eigenvalue weighted by Crippen LogP contribution is -2.25. The smallest absolute Gasteiger partial charge is 0.164 e. The quantitative estimate of drug-likeness (QED) is 0.173. The van der Waals surface area contributed by atoms with E-state index in [-0.39, 0.29) is 5.41 Å². The summed E-state index contributed by atoms with van der Waals surface area (Å²) in [5, 5.41) is 4.39. The van der Waals surface area contributed by atoms with Gasteiger partial charge in [0.25, 0.3) is 0 Å². The highest BCUT2D eigenvalue weighted by molar-refractivity contribution is 6.13. The molecular formula is C62H37N3O. The van der Waals surface area contributed by atoms with Crippen LogP contribution < -0.4 is 0 Å². The Morgan fingerprint density at radius 3 is 1.47 bits per heavy atom. The summed E-state index contributed by atoms with van der Waals surface area (Å²) in [6.07, 6.45) is 0. The van der Waals surface area contributed by atoms with Crippen LogP contribution in [0.1, 0.15) is 22.3 Å². The van der Waals surface area contributed by atoms with Gasteiger partial charge in [0, 0.05) is 27.5 Å². The molecule has 2 heterocycles. The van der Waals surface area contributed by atoms with E-state index < -0.39 is 0 Å². The van der Waals surface area contributed by atoms with Crippen LogP contribution in [0.5, 0.6) is 0 Å². The molecule has 0 fully saturated rings. The molecule has 2 aliphatic carbocycles. The highest BCUT2D eigenvalue weighted by atomic mass is 16.3. The molecule has 4 heteroatoms. The lowest BCUT2D eigenvalue weighted by molar-refractivity contribution is 0.669. The topological polar surface area (TPSA) is 51.8 Å². The van der Waals surface area contributed by atoms with Crippen molar-refractivity contribution in [2.45, 2.75) is 5.41 Å². The molecule has 0 N–H and O–H groups in total. The fraction of sp³-hybridized carbons (Fsp3) is 0.0161. The molecule has 0 unspecified atom stereocenters. The standard InChI is InChI=1S/C62H37N3O/c1-3-15-38(16-4-1)59-63-60(39-17-5-2-6-18-39)65-61(64-59)50-24-14-28-57-58(50)51-36-41(31-34-56(51)66-57)40-29-32-45-42(35-40)19-13-23-44(45)43-30-33-49-48-22-9-12-27-54(48)62(55(49)37-43)52-25-10-7-20-46(52)47-21-8-11-26-53(47)62/h1-37H. The molecule has 14 rings (SSSR count). The summed E-state index contributed by atoms with van der Waals surface area (Å²) in [4.78, 5) is 15.1. The Morgan fingerprint density at radius 2 is 0.803 bits per heavy atom. The number of nitrogens with zero attached hydrogens (tertiary/aromatic N) is 3. The van der Waals surface area contributed by atoms with Crippen LogP contribution in [0.2, 0.25) is 0 Å². The molecule has 0 atom stereocenters. The maximum absolute atomic E-state index is 6.52. The van der Waals surface area contributed by atoms with E-state index in [1.807, 2.05) is 72.8 Å². The summed E-state index contributed by atoms with van der Waals surface area (Å²) >= 11 is 0. The molecule has 4 nitrogen and oxygen atoms in total. The second-order valence-corrected chi connectivity index (χ2v) is 17.4. The van der Waals surface area contributed by atoms with Crippen molar-refractivity contribution >= 4 is 32.7 Å². The largest absolute Gasteiger partial charge is 0.456 e. The zero-order valence-corrected chi connectivity index (χ0v) is 35.6. The minimum atomic E-state index is -0.388. The van der Waals surface area contributed by atoms with Crippen LogP contribution in [0.4, 0.5) is 0 Å². The Hall–Kier alpha value is -8.73. The van der Waals surface area contributed by atoms with Crippen molar-refractivity contribution < 1.29 is 4.42 Å². The summed E-state index contributed by atoms with van der Waals surface area (Å²) < 4.78 is 6.52. The zero-order chi connectivity index (χ0) is 43.3. The van der Waals surface area contributed by atoms with Crippen molar-refractivity contribution in [1.82, 2.24) is 15.0 Å². The fourth-order valence-corrected chi connectivity index (χ4v) is 11.1. The molecule has 0 amide bonds. The Balaban J connectivity index is 0.891. The molecule has 2 aliphatic rings. The second kappa shape index (κ2) is 14.1. The third kappa shape index (κ3) is 5.30. The fourth-order valence-electron chi connectivity index (χ4n) is 11.1. The Labute approximate surface area is 381 Å². The molecule has 0 saturated heterocycles. The molecule has 0 aliphatic heterocycles. The first-order chi connectivity index (χ1) is 32.7. The molecule has 10 aromatic carbocycles. The Kier molecular flexibility index (Phi) is 7.87.